The van der Waals surface area contributed by atoms with Gasteiger partial charge >= 0.3 is 12.4 Å². The highest BCUT2D eigenvalue weighted by molar-refractivity contribution is 7.92. The van der Waals surface area contributed by atoms with Gasteiger partial charge in [0.05, 0.1) is 23.8 Å². The molecule has 0 aliphatic carbocycles. The zero-order chi connectivity index (χ0) is 32.9. The highest BCUT2D eigenvalue weighted by atomic mass is 32.2. The Kier molecular flexibility index (Phi) is 7.81. The smallest absolute Gasteiger partial charge is 0.416 e. The zero-order valence-electron chi connectivity index (χ0n) is 22.6. The Morgan fingerprint density at radius 2 is 1.47 bits per heavy atom. The molecule has 3 aromatic carbocycles. The first-order valence-corrected chi connectivity index (χ1v) is 14.0. The van der Waals surface area contributed by atoms with Crippen LogP contribution in [0.5, 0.6) is 5.88 Å². The number of anilines is 2. The van der Waals surface area contributed by atoms with Crippen molar-refractivity contribution in [2.24, 2.45) is 0 Å². The van der Waals surface area contributed by atoms with Crippen molar-refractivity contribution in [3.8, 4) is 28.1 Å². The maximum Gasteiger partial charge on any atom is 0.416 e. The van der Waals surface area contributed by atoms with Crippen molar-refractivity contribution in [3.05, 3.63) is 95.7 Å². The molecule has 0 saturated carbocycles. The molecular weight excluding hydrogens is 636 g/mol. The molecule has 16 heteroatoms. The van der Waals surface area contributed by atoms with E-state index in [0.29, 0.717) is 23.8 Å². The number of hydrogen-bond acceptors (Lipinski definition) is 6. The third-order valence-electron chi connectivity index (χ3n) is 6.55. The molecular formula is C29H18F8N4O3S. The van der Waals surface area contributed by atoms with E-state index in [1.165, 1.54) is 43.6 Å². The minimum Gasteiger partial charge on any atom is -0.480 e. The molecule has 0 atom stereocenters. The number of nitrogen functional groups attached to an aromatic ring is 1. The number of nitrogens with zero attached hydrogens (tertiary/aromatic N) is 2. The van der Waals surface area contributed by atoms with E-state index in [0.717, 1.165) is 12.1 Å². The van der Waals surface area contributed by atoms with Crippen LogP contribution >= 0.6 is 0 Å². The van der Waals surface area contributed by atoms with Crippen molar-refractivity contribution in [2.75, 3.05) is 17.6 Å². The molecule has 2 heterocycles. The number of halogens is 8. The molecule has 0 unspecified atom stereocenters. The van der Waals surface area contributed by atoms with Crippen molar-refractivity contribution in [1.29, 1.82) is 0 Å². The van der Waals surface area contributed by atoms with E-state index < -0.39 is 55.6 Å². The van der Waals surface area contributed by atoms with Crippen molar-refractivity contribution < 1.29 is 48.3 Å². The molecule has 0 bridgehead atoms. The van der Waals surface area contributed by atoms with Crippen LogP contribution in [0, 0.1) is 11.6 Å². The average molecular weight is 655 g/mol. The largest absolute Gasteiger partial charge is 0.480 e. The molecule has 0 aliphatic rings. The van der Waals surface area contributed by atoms with Crippen LogP contribution in [0.4, 0.5) is 46.6 Å². The molecule has 2 aromatic heterocycles. The number of nitrogens with two attached hydrogens (primary N) is 1. The SMILES string of the molecule is COc1ncc(-c2ccc3nc(N)c(-c4cc(C(F)(F)F)cc(C(F)(F)F)c4)cc3c2)cc1NS(=O)(=O)c1ccc(F)cc1F. The van der Waals surface area contributed by atoms with Crippen LogP contribution in [-0.4, -0.2) is 25.5 Å². The number of rotatable bonds is 6. The first-order chi connectivity index (χ1) is 21.0. The Balaban J connectivity index is 1.59. The van der Waals surface area contributed by atoms with E-state index in [9.17, 15) is 43.5 Å². The standard InChI is InChI=1S/C29H18F8N4O3S/c1-44-27-24(41-45(42,43)25-5-3-20(30)12-22(25)31)10-17(13-39-27)14-2-4-23-16(6-14)9-21(26(38)40-23)15-7-18(28(32,33)34)11-19(8-15)29(35,36)37/h2-13,41H,1H3,(H2,38,40). The van der Waals surface area contributed by atoms with Crippen LogP contribution in [0.3, 0.4) is 0 Å². The summed E-state index contributed by atoms with van der Waals surface area (Å²) < 4.78 is 141. The Morgan fingerprint density at radius 1 is 0.800 bits per heavy atom. The summed E-state index contributed by atoms with van der Waals surface area (Å²) in [7, 11) is -3.39. The third kappa shape index (κ3) is 6.45. The van der Waals surface area contributed by atoms with Crippen LogP contribution in [0.1, 0.15) is 11.1 Å². The summed E-state index contributed by atoms with van der Waals surface area (Å²) in [5.74, 6) is -2.85. The number of benzene rings is 3. The van der Waals surface area contributed by atoms with Crippen molar-refractivity contribution in [3.63, 3.8) is 0 Å². The molecule has 3 N–H and O–H groups in total. The molecule has 0 saturated heterocycles. The van der Waals surface area contributed by atoms with E-state index in [2.05, 4.69) is 14.7 Å². The summed E-state index contributed by atoms with van der Waals surface area (Å²) >= 11 is 0. The van der Waals surface area contributed by atoms with Crippen LogP contribution in [0.25, 0.3) is 33.2 Å². The van der Waals surface area contributed by atoms with Gasteiger partial charge in [0.15, 0.2) is 0 Å². The number of sulfonamides is 1. The maximum atomic E-state index is 14.2. The molecule has 5 aromatic rings. The van der Waals surface area contributed by atoms with E-state index in [1.807, 2.05) is 0 Å². The lowest BCUT2D eigenvalue weighted by Crippen LogP contribution is -2.15. The molecule has 0 fully saturated rings. The highest BCUT2D eigenvalue weighted by Crippen LogP contribution is 2.40. The summed E-state index contributed by atoms with van der Waals surface area (Å²) in [6, 6.07) is 10.0. The van der Waals surface area contributed by atoms with Crippen LogP contribution in [0.15, 0.2) is 77.8 Å². The second-order valence-electron chi connectivity index (χ2n) is 9.58. The lowest BCUT2D eigenvalue weighted by molar-refractivity contribution is -0.143. The van der Waals surface area contributed by atoms with Crippen molar-refractivity contribution >= 4 is 32.4 Å². The van der Waals surface area contributed by atoms with Gasteiger partial charge in [0.1, 0.15) is 28.0 Å². The minimum atomic E-state index is -5.08. The van der Waals surface area contributed by atoms with Gasteiger partial charge < -0.3 is 10.5 Å². The molecule has 5 rings (SSSR count). The van der Waals surface area contributed by atoms with Crippen LogP contribution in [0.2, 0.25) is 0 Å². The van der Waals surface area contributed by atoms with Gasteiger partial charge in [0, 0.05) is 28.8 Å². The van der Waals surface area contributed by atoms with Gasteiger partial charge in [0.2, 0.25) is 5.88 Å². The number of aromatic nitrogens is 2. The van der Waals surface area contributed by atoms with Crippen LogP contribution < -0.4 is 15.2 Å². The quantitative estimate of drug-likeness (QED) is 0.182. The Morgan fingerprint density at radius 3 is 2.07 bits per heavy atom. The zero-order valence-corrected chi connectivity index (χ0v) is 23.4. The molecule has 45 heavy (non-hydrogen) atoms. The predicted octanol–water partition coefficient (Wildman–Crippen LogP) is 7.67. The summed E-state index contributed by atoms with van der Waals surface area (Å²) in [6.07, 6.45) is -8.86. The normalized spacial score (nSPS) is 12.4. The van der Waals surface area contributed by atoms with E-state index in [4.69, 9.17) is 10.5 Å². The Bertz CT molecular complexity index is 2030. The Hall–Kier alpha value is -4.99. The number of methoxy groups -OCH3 is 1. The molecule has 7 nitrogen and oxygen atoms in total. The fourth-order valence-corrected chi connectivity index (χ4v) is 5.56. The summed E-state index contributed by atoms with van der Waals surface area (Å²) in [4.78, 5) is 7.35. The molecule has 0 amide bonds. The molecule has 0 radical (unpaired) electrons. The minimum absolute atomic E-state index is 0.000761. The first kappa shape index (κ1) is 31.4. The van der Waals surface area contributed by atoms with Gasteiger partial charge in [0.25, 0.3) is 10.0 Å². The second kappa shape index (κ2) is 11.2. The fraction of sp³-hybridized carbons (Fsp3) is 0.103. The number of alkyl halides is 6. The van der Waals surface area contributed by atoms with Gasteiger partial charge in [-0.1, -0.05) is 6.07 Å². The lowest BCUT2D eigenvalue weighted by Gasteiger charge is -2.16. The topological polar surface area (TPSA) is 107 Å². The number of pyridine rings is 2. The molecule has 0 aliphatic heterocycles. The van der Waals surface area contributed by atoms with Gasteiger partial charge in [-0.15, -0.1) is 0 Å². The van der Waals surface area contributed by atoms with Gasteiger partial charge in [-0.25, -0.2) is 27.2 Å². The monoisotopic (exact) mass is 654 g/mol. The van der Waals surface area contributed by atoms with Crippen LogP contribution in [-0.2, 0) is 22.4 Å². The fourth-order valence-electron chi connectivity index (χ4n) is 4.45. The number of hydrogen-bond donors (Lipinski definition) is 2. The van der Waals surface area contributed by atoms with Crippen molar-refractivity contribution in [2.45, 2.75) is 17.2 Å². The summed E-state index contributed by atoms with van der Waals surface area (Å²) in [5.41, 5.74) is 2.89. The molecule has 234 valence electrons. The average Bonchev–Trinajstić information content (AvgIpc) is 2.95. The Labute approximate surface area is 249 Å². The predicted molar refractivity (Wildman–Crippen MR) is 149 cm³/mol. The van der Waals surface area contributed by atoms with Gasteiger partial charge in [-0.3, -0.25) is 4.72 Å². The lowest BCUT2D eigenvalue weighted by atomic mass is 9.97. The van der Waals surface area contributed by atoms with E-state index in [1.54, 1.807) is 0 Å². The summed E-state index contributed by atoms with van der Waals surface area (Å²) in [6.45, 7) is 0. The van der Waals surface area contributed by atoms with Gasteiger partial charge in [-0.2, -0.15) is 26.3 Å². The third-order valence-corrected chi connectivity index (χ3v) is 7.95. The number of fused-ring (bicyclic) bond motifs is 1. The van der Waals surface area contributed by atoms with E-state index in [-0.39, 0.29) is 45.5 Å². The van der Waals surface area contributed by atoms with Crippen molar-refractivity contribution in [1.82, 2.24) is 9.97 Å². The molecule has 0 spiro atoms. The number of nitrogens with one attached hydrogen (secondary N) is 1. The second-order valence-corrected chi connectivity index (χ2v) is 11.2. The highest BCUT2D eigenvalue weighted by Gasteiger charge is 2.37. The van der Waals surface area contributed by atoms with Gasteiger partial charge in [-0.05, 0) is 65.7 Å². The van der Waals surface area contributed by atoms with E-state index >= 15 is 0 Å². The first-order valence-electron chi connectivity index (χ1n) is 12.5. The number of ether oxygens (including phenoxy) is 1. The summed E-state index contributed by atoms with van der Waals surface area (Å²) in [5, 5.41) is 0.258. The maximum absolute atomic E-state index is 14.2.